The molecule has 0 radical (unpaired) electrons. The lowest BCUT2D eigenvalue weighted by atomic mass is 10.0. The Morgan fingerprint density at radius 2 is 2.04 bits per heavy atom. The second-order valence-electron chi connectivity index (χ2n) is 7.05. The van der Waals surface area contributed by atoms with Crippen molar-refractivity contribution in [1.29, 1.82) is 0 Å². The van der Waals surface area contributed by atoms with Crippen LogP contribution in [0.5, 0.6) is 0 Å². The Morgan fingerprint density at radius 1 is 1.24 bits per heavy atom. The highest BCUT2D eigenvalue weighted by atomic mass is 35.5. The van der Waals surface area contributed by atoms with Crippen molar-refractivity contribution in [1.82, 2.24) is 14.5 Å². The standard InChI is InChI=1S/C21H24ClN3/c1-4-17(14-6-7-14)25-18-10-11-23-20(21(18)24-19(25)5-2)16-9-8-15(22)12-13(16)3/h8-12,14,17H,4-7H2,1-3H3. The summed E-state index contributed by atoms with van der Waals surface area (Å²) in [7, 11) is 0. The largest absolute Gasteiger partial charge is 0.324 e. The molecule has 2 heterocycles. The van der Waals surface area contributed by atoms with E-state index in [0.29, 0.717) is 6.04 Å². The third-order valence-electron chi connectivity index (χ3n) is 5.36. The molecule has 0 saturated heterocycles. The van der Waals surface area contributed by atoms with Gasteiger partial charge in [0.2, 0.25) is 0 Å². The van der Waals surface area contributed by atoms with Crippen LogP contribution in [0.15, 0.2) is 30.5 Å². The van der Waals surface area contributed by atoms with Crippen molar-refractivity contribution in [3.8, 4) is 11.3 Å². The van der Waals surface area contributed by atoms with Crippen LogP contribution in [-0.4, -0.2) is 14.5 Å². The van der Waals surface area contributed by atoms with Crippen LogP contribution in [0.3, 0.4) is 0 Å². The van der Waals surface area contributed by atoms with Gasteiger partial charge in [0.25, 0.3) is 0 Å². The summed E-state index contributed by atoms with van der Waals surface area (Å²) in [5.74, 6) is 1.98. The SMILES string of the molecule is CCc1nc2c(-c3ccc(Cl)cc3C)nccc2n1C(CC)C1CC1. The van der Waals surface area contributed by atoms with Crippen molar-refractivity contribution in [2.45, 2.75) is 52.5 Å². The zero-order chi connectivity index (χ0) is 17.6. The molecular weight excluding hydrogens is 330 g/mol. The van der Waals surface area contributed by atoms with E-state index in [1.165, 1.54) is 24.2 Å². The minimum atomic E-state index is 0.557. The first kappa shape index (κ1) is 16.6. The Bertz CT molecular complexity index is 924. The summed E-state index contributed by atoms with van der Waals surface area (Å²) >= 11 is 6.14. The lowest BCUT2D eigenvalue weighted by Crippen LogP contribution is -2.13. The van der Waals surface area contributed by atoms with E-state index in [2.05, 4.69) is 42.5 Å². The number of rotatable bonds is 5. The third kappa shape index (κ3) is 2.85. The van der Waals surface area contributed by atoms with Gasteiger partial charge in [0.15, 0.2) is 0 Å². The topological polar surface area (TPSA) is 30.7 Å². The summed E-state index contributed by atoms with van der Waals surface area (Å²) < 4.78 is 2.49. The quantitative estimate of drug-likeness (QED) is 0.564. The monoisotopic (exact) mass is 353 g/mol. The number of aromatic nitrogens is 3. The van der Waals surface area contributed by atoms with Gasteiger partial charge < -0.3 is 4.57 Å². The van der Waals surface area contributed by atoms with Crippen molar-refractivity contribution < 1.29 is 0 Å². The van der Waals surface area contributed by atoms with E-state index in [-0.39, 0.29) is 0 Å². The fraction of sp³-hybridized carbons (Fsp3) is 0.429. The van der Waals surface area contributed by atoms with Gasteiger partial charge in [-0.15, -0.1) is 0 Å². The number of nitrogens with zero attached hydrogens (tertiary/aromatic N) is 3. The first-order chi connectivity index (χ1) is 12.1. The number of pyridine rings is 1. The summed E-state index contributed by atoms with van der Waals surface area (Å²) in [6.45, 7) is 6.57. The van der Waals surface area contributed by atoms with Gasteiger partial charge in [0.05, 0.1) is 11.2 Å². The lowest BCUT2D eigenvalue weighted by molar-refractivity contribution is 0.429. The van der Waals surface area contributed by atoms with Crippen LogP contribution in [0.4, 0.5) is 0 Å². The minimum absolute atomic E-state index is 0.557. The van der Waals surface area contributed by atoms with Gasteiger partial charge in [-0.1, -0.05) is 31.5 Å². The molecule has 4 heteroatoms. The molecule has 0 aliphatic heterocycles. The first-order valence-corrected chi connectivity index (χ1v) is 9.64. The highest BCUT2D eigenvalue weighted by molar-refractivity contribution is 6.30. The molecule has 2 aromatic heterocycles. The fourth-order valence-electron chi connectivity index (χ4n) is 3.99. The summed E-state index contributed by atoms with van der Waals surface area (Å²) in [6.07, 6.45) is 6.70. The van der Waals surface area contributed by atoms with Gasteiger partial charge in [0, 0.05) is 29.2 Å². The van der Waals surface area contributed by atoms with E-state index >= 15 is 0 Å². The molecule has 3 aromatic rings. The third-order valence-corrected chi connectivity index (χ3v) is 5.59. The smallest absolute Gasteiger partial charge is 0.115 e. The molecule has 0 spiro atoms. The molecule has 1 saturated carbocycles. The van der Waals surface area contributed by atoms with E-state index in [9.17, 15) is 0 Å². The van der Waals surface area contributed by atoms with E-state index in [0.717, 1.165) is 46.1 Å². The molecule has 1 fully saturated rings. The number of halogens is 1. The Hall–Kier alpha value is -1.87. The number of aryl methyl sites for hydroxylation is 2. The summed E-state index contributed by atoms with van der Waals surface area (Å²) in [6, 6.07) is 8.67. The van der Waals surface area contributed by atoms with E-state index < -0.39 is 0 Å². The van der Waals surface area contributed by atoms with Crippen LogP contribution in [0.25, 0.3) is 22.3 Å². The molecular formula is C21H24ClN3. The number of hydrogen-bond acceptors (Lipinski definition) is 2. The van der Waals surface area contributed by atoms with Crippen LogP contribution in [0.1, 0.15) is 50.5 Å². The van der Waals surface area contributed by atoms with Crippen LogP contribution in [0, 0.1) is 12.8 Å². The molecule has 0 bridgehead atoms. The fourth-order valence-corrected chi connectivity index (χ4v) is 4.21. The average molecular weight is 354 g/mol. The van der Waals surface area contributed by atoms with Crippen LogP contribution < -0.4 is 0 Å². The van der Waals surface area contributed by atoms with Crippen LogP contribution in [0.2, 0.25) is 5.02 Å². The molecule has 1 aliphatic rings. The van der Waals surface area contributed by atoms with Crippen molar-refractivity contribution in [2.24, 2.45) is 5.92 Å². The van der Waals surface area contributed by atoms with Gasteiger partial charge >= 0.3 is 0 Å². The molecule has 0 amide bonds. The Balaban J connectivity index is 1.94. The van der Waals surface area contributed by atoms with Crippen molar-refractivity contribution in [2.75, 3.05) is 0 Å². The highest BCUT2D eigenvalue weighted by Crippen LogP contribution is 2.44. The average Bonchev–Trinajstić information content (AvgIpc) is 3.36. The van der Waals surface area contributed by atoms with Crippen LogP contribution >= 0.6 is 11.6 Å². The van der Waals surface area contributed by atoms with E-state index in [1.54, 1.807) is 0 Å². The summed E-state index contributed by atoms with van der Waals surface area (Å²) in [5.41, 5.74) is 5.45. The van der Waals surface area contributed by atoms with E-state index in [1.807, 2.05) is 18.3 Å². The van der Waals surface area contributed by atoms with Crippen molar-refractivity contribution >= 4 is 22.6 Å². The molecule has 4 rings (SSSR count). The van der Waals surface area contributed by atoms with Gasteiger partial charge in [-0.05, 0) is 55.9 Å². The predicted molar refractivity (Wildman–Crippen MR) is 104 cm³/mol. The van der Waals surface area contributed by atoms with Gasteiger partial charge in [0.1, 0.15) is 11.3 Å². The predicted octanol–water partition coefficient (Wildman–Crippen LogP) is 5.98. The minimum Gasteiger partial charge on any atom is -0.324 e. The number of hydrogen-bond donors (Lipinski definition) is 0. The number of imidazole rings is 1. The normalized spacial score (nSPS) is 15.7. The Labute approximate surface area is 154 Å². The first-order valence-electron chi connectivity index (χ1n) is 9.26. The van der Waals surface area contributed by atoms with Gasteiger partial charge in [-0.2, -0.15) is 0 Å². The molecule has 1 unspecified atom stereocenters. The van der Waals surface area contributed by atoms with E-state index in [4.69, 9.17) is 16.6 Å². The van der Waals surface area contributed by atoms with Crippen LogP contribution in [-0.2, 0) is 6.42 Å². The molecule has 1 aliphatic carbocycles. The molecule has 3 nitrogen and oxygen atoms in total. The molecule has 1 aromatic carbocycles. The van der Waals surface area contributed by atoms with Gasteiger partial charge in [-0.25, -0.2) is 4.98 Å². The Morgan fingerprint density at radius 3 is 2.68 bits per heavy atom. The maximum Gasteiger partial charge on any atom is 0.115 e. The van der Waals surface area contributed by atoms with Gasteiger partial charge in [-0.3, -0.25) is 4.98 Å². The van der Waals surface area contributed by atoms with Crippen molar-refractivity contribution in [3.63, 3.8) is 0 Å². The summed E-state index contributed by atoms with van der Waals surface area (Å²) in [4.78, 5) is 9.70. The molecule has 0 N–H and O–H groups in total. The summed E-state index contributed by atoms with van der Waals surface area (Å²) in [5, 5.41) is 0.757. The maximum absolute atomic E-state index is 6.14. The highest BCUT2D eigenvalue weighted by Gasteiger charge is 2.33. The number of fused-ring (bicyclic) bond motifs is 1. The maximum atomic E-state index is 6.14. The second-order valence-corrected chi connectivity index (χ2v) is 7.49. The molecule has 130 valence electrons. The molecule has 1 atom stereocenters. The number of benzene rings is 1. The molecule has 25 heavy (non-hydrogen) atoms. The Kier molecular flexibility index (Phi) is 4.28. The lowest BCUT2D eigenvalue weighted by Gasteiger charge is -2.19. The second kappa shape index (κ2) is 6.45. The zero-order valence-electron chi connectivity index (χ0n) is 15.1. The zero-order valence-corrected chi connectivity index (χ0v) is 15.8. The van der Waals surface area contributed by atoms with Crippen molar-refractivity contribution in [3.05, 3.63) is 46.9 Å².